The van der Waals surface area contributed by atoms with Crippen molar-refractivity contribution in [1.82, 2.24) is 24.6 Å². The summed E-state index contributed by atoms with van der Waals surface area (Å²) in [6.07, 6.45) is 6.18. The second-order valence-electron chi connectivity index (χ2n) is 5.64. The summed E-state index contributed by atoms with van der Waals surface area (Å²) in [4.78, 5) is 6.42. The number of furan rings is 1. The predicted octanol–water partition coefficient (Wildman–Crippen LogP) is 2.05. The summed E-state index contributed by atoms with van der Waals surface area (Å²) < 4.78 is 13.1. The quantitative estimate of drug-likeness (QED) is 0.734. The van der Waals surface area contributed by atoms with Gasteiger partial charge in [0.25, 0.3) is 5.89 Å². The van der Waals surface area contributed by atoms with Crippen LogP contribution in [0.15, 0.2) is 39.8 Å². The molecule has 22 heavy (non-hydrogen) atoms. The van der Waals surface area contributed by atoms with Crippen molar-refractivity contribution in [3.8, 4) is 11.6 Å². The number of rotatable bonds is 4. The number of likely N-dealkylation sites (tertiary alicyclic amines) is 1. The fraction of sp³-hybridized carbons (Fsp3) is 0.400. The molecular weight excluding hydrogens is 282 g/mol. The van der Waals surface area contributed by atoms with E-state index in [4.69, 9.17) is 8.83 Å². The molecule has 7 nitrogen and oxygen atoms in total. The third-order valence-corrected chi connectivity index (χ3v) is 4.06. The Hall–Kier alpha value is -2.41. The van der Waals surface area contributed by atoms with Gasteiger partial charge >= 0.3 is 0 Å². The maximum absolute atomic E-state index is 5.84. The number of aromatic nitrogens is 4. The number of nitrogens with zero attached hydrogens (tertiary/aromatic N) is 5. The number of hydrogen-bond acceptors (Lipinski definition) is 6. The monoisotopic (exact) mass is 299 g/mol. The van der Waals surface area contributed by atoms with Gasteiger partial charge in [0.05, 0.1) is 31.2 Å². The molecule has 0 bridgehead atoms. The molecule has 0 saturated carbocycles. The summed E-state index contributed by atoms with van der Waals surface area (Å²) in [5.74, 6) is 2.50. The summed E-state index contributed by atoms with van der Waals surface area (Å²) in [6, 6.07) is 3.92. The number of imidazole rings is 1. The molecule has 0 unspecified atom stereocenters. The Morgan fingerprint density at radius 1 is 1.36 bits per heavy atom. The summed E-state index contributed by atoms with van der Waals surface area (Å²) in [6.45, 7) is 2.74. The molecule has 1 saturated heterocycles. The second-order valence-corrected chi connectivity index (χ2v) is 5.64. The predicted molar refractivity (Wildman–Crippen MR) is 77.8 cm³/mol. The molecule has 0 aromatic carbocycles. The Labute approximate surface area is 127 Å². The average Bonchev–Trinajstić information content (AvgIpc) is 3.25. The largest absolute Gasteiger partial charge is 0.468 e. The summed E-state index contributed by atoms with van der Waals surface area (Å²) in [7, 11) is 1.91. The van der Waals surface area contributed by atoms with Crippen LogP contribution in [0, 0.1) is 0 Å². The molecule has 0 spiro atoms. The molecule has 0 radical (unpaired) electrons. The van der Waals surface area contributed by atoms with E-state index in [1.807, 2.05) is 23.7 Å². The lowest BCUT2D eigenvalue weighted by Crippen LogP contribution is -2.19. The highest BCUT2D eigenvalue weighted by atomic mass is 16.4. The lowest BCUT2D eigenvalue weighted by molar-refractivity contribution is 0.290. The van der Waals surface area contributed by atoms with E-state index in [0.29, 0.717) is 11.8 Å². The van der Waals surface area contributed by atoms with Crippen molar-refractivity contribution in [3.05, 3.63) is 42.6 Å². The summed E-state index contributed by atoms with van der Waals surface area (Å²) in [5, 5.41) is 8.37. The zero-order valence-electron chi connectivity index (χ0n) is 12.3. The van der Waals surface area contributed by atoms with E-state index in [1.165, 1.54) is 0 Å². The van der Waals surface area contributed by atoms with Crippen LogP contribution in [0.5, 0.6) is 0 Å². The Morgan fingerprint density at radius 3 is 3.09 bits per heavy atom. The summed E-state index contributed by atoms with van der Waals surface area (Å²) in [5.41, 5.74) is 0.837. The van der Waals surface area contributed by atoms with Crippen molar-refractivity contribution in [3.63, 3.8) is 0 Å². The van der Waals surface area contributed by atoms with E-state index in [-0.39, 0.29) is 5.92 Å². The van der Waals surface area contributed by atoms with Crippen molar-refractivity contribution in [2.24, 2.45) is 7.05 Å². The molecule has 1 aliphatic rings. The van der Waals surface area contributed by atoms with Gasteiger partial charge in [-0.15, -0.1) is 10.2 Å². The third kappa shape index (κ3) is 2.43. The summed E-state index contributed by atoms with van der Waals surface area (Å²) >= 11 is 0. The van der Waals surface area contributed by atoms with Gasteiger partial charge < -0.3 is 13.4 Å². The maximum Gasteiger partial charge on any atom is 0.265 e. The van der Waals surface area contributed by atoms with Gasteiger partial charge in [-0.2, -0.15) is 0 Å². The van der Waals surface area contributed by atoms with Crippen molar-refractivity contribution in [2.75, 3.05) is 13.1 Å². The Bertz CT molecular complexity index is 746. The number of hydrogen-bond donors (Lipinski definition) is 0. The number of aryl methyl sites for hydroxylation is 1. The van der Waals surface area contributed by atoms with Crippen LogP contribution in [-0.4, -0.2) is 37.7 Å². The fourth-order valence-corrected chi connectivity index (χ4v) is 2.87. The smallest absolute Gasteiger partial charge is 0.265 e. The molecule has 3 aromatic heterocycles. The fourth-order valence-electron chi connectivity index (χ4n) is 2.87. The van der Waals surface area contributed by atoms with Crippen molar-refractivity contribution < 1.29 is 8.83 Å². The highest BCUT2D eigenvalue weighted by Crippen LogP contribution is 2.29. The molecule has 1 fully saturated rings. The van der Waals surface area contributed by atoms with Gasteiger partial charge in [0.2, 0.25) is 5.89 Å². The first-order valence-electron chi connectivity index (χ1n) is 7.34. The Kier molecular flexibility index (Phi) is 3.27. The minimum Gasteiger partial charge on any atom is -0.468 e. The van der Waals surface area contributed by atoms with Crippen LogP contribution in [-0.2, 0) is 13.6 Å². The first kappa shape index (κ1) is 13.3. The van der Waals surface area contributed by atoms with Crippen molar-refractivity contribution in [1.29, 1.82) is 0 Å². The van der Waals surface area contributed by atoms with Crippen LogP contribution in [0.2, 0.25) is 0 Å². The van der Waals surface area contributed by atoms with E-state index >= 15 is 0 Å². The Morgan fingerprint density at radius 2 is 2.32 bits per heavy atom. The van der Waals surface area contributed by atoms with E-state index in [9.17, 15) is 0 Å². The van der Waals surface area contributed by atoms with Gasteiger partial charge in [-0.3, -0.25) is 4.90 Å². The van der Waals surface area contributed by atoms with E-state index in [1.54, 1.807) is 18.8 Å². The maximum atomic E-state index is 5.84. The van der Waals surface area contributed by atoms with Crippen molar-refractivity contribution >= 4 is 0 Å². The van der Waals surface area contributed by atoms with Crippen LogP contribution in [0.1, 0.15) is 24.0 Å². The topological polar surface area (TPSA) is 73.1 Å². The van der Waals surface area contributed by atoms with Gasteiger partial charge in [-0.05, 0) is 25.1 Å². The lowest BCUT2D eigenvalue weighted by Gasteiger charge is -2.12. The minimum atomic E-state index is 0.282. The highest BCUT2D eigenvalue weighted by Gasteiger charge is 2.29. The van der Waals surface area contributed by atoms with Gasteiger partial charge in [0, 0.05) is 13.6 Å². The molecule has 7 heteroatoms. The molecule has 4 rings (SSSR count). The molecule has 0 amide bonds. The molecule has 4 heterocycles. The van der Waals surface area contributed by atoms with Crippen molar-refractivity contribution in [2.45, 2.75) is 18.9 Å². The molecule has 0 N–H and O–H groups in total. The van der Waals surface area contributed by atoms with Crippen LogP contribution >= 0.6 is 0 Å². The van der Waals surface area contributed by atoms with Crippen LogP contribution < -0.4 is 0 Å². The molecular formula is C15H17N5O2. The third-order valence-electron chi connectivity index (χ3n) is 4.06. The molecule has 0 aliphatic carbocycles. The first-order chi connectivity index (χ1) is 10.8. The van der Waals surface area contributed by atoms with E-state index in [0.717, 1.165) is 37.5 Å². The van der Waals surface area contributed by atoms with E-state index in [2.05, 4.69) is 20.1 Å². The van der Waals surface area contributed by atoms with E-state index < -0.39 is 0 Å². The van der Waals surface area contributed by atoms with Crippen LogP contribution in [0.25, 0.3) is 11.6 Å². The Balaban J connectivity index is 1.45. The van der Waals surface area contributed by atoms with Gasteiger partial charge in [0.1, 0.15) is 11.5 Å². The average molecular weight is 299 g/mol. The SMILES string of the molecule is Cn1cncc1-c1nnc([C@H]2CCN(Cc3ccco3)C2)o1. The normalized spacial score (nSPS) is 19.0. The highest BCUT2D eigenvalue weighted by molar-refractivity contribution is 5.44. The van der Waals surface area contributed by atoms with Crippen LogP contribution in [0.3, 0.4) is 0 Å². The molecule has 1 aliphatic heterocycles. The van der Waals surface area contributed by atoms with Gasteiger partial charge in [0.15, 0.2) is 0 Å². The molecule has 3 aromatic rings. The molecule has 1 atom stereocenters. The molecule has 114 valence electrons. The lowest BCUT2D eigenvalue weighted by atomic mass is 10.1. The zero-order valence-corrected chi connectivity index (χ0v) is 12.3. The van der Waals surface area contributed by atoms with Gasteiger partial charge in [-0.25, -0.2) is 4.98 Å². The van der Waals surface area contributed by atoms with Gasteiger partial charge in [-0.1, -0.05) is 0 Å². The first-order valence-corrected chi connectivity index (χ1v) is 7.34. The second kappa shape index (κ2) is 5.42. The van der Waals surface area contributed by atoms with Crippen LogP contribution in [0.4, 0.5) is 0 Å². The minimum absolute atomic E-state index is 0.282. The standard InChI is InChI=1S/C15H17N5O2/c1-19-10-16-7-13(19)15-18-17-14(22-15)11-4-5-20(8-11)9-12-3-2-6-21-12/h2-3,6-7,10-11H,4-5,8-9H2,1H3/t11-/m0/s1. The zero-order chi connectivity index (χ0) is 14.9.